The van der Waals surface area contributed by atoms with Gasteiger partial charge < -0.3 is 19.9 Å². The molecule has 0 radical (unpaired) electrons. The summed E-state index contributed by atoms with van der Waals surface area (Å²) in [5.74, 6) is 1.18. The summed E-state index contributed by atoms with van der Waals surface area (Å²) in [5.41, 5.74) is 2.13. The van der Waals surface area contributed by atoms with Crippen LogP contribution >= 0.6 is 11.6 Å². The van der Waals surface area contributed by atoms with Crippen molar-refractivity contribution in [1.29, 1.82) is 0 Å². The van der Waals surface area contributed by atoms with E-state index < -0.39 is 6.10 Å². The second-order valence-electron chi connectivity index (χ2n) is 9.25. The SMILES string of the molecule is Cc1ccc(CC(C)(C)NC[C@@H](O)CO[C@H](C)c2ccccc2Oc2ccc(Cl)cc2)cc1F. The van der Waals surface area contributed by atoms with Crippen molar-refractivity contribution in [2.45, 2.75) is 51.9 Å². The monoisotopic (exact) mass is 485 g/mol. The number of aliphatic hydroxyl groups excluding tert-OH is 1. The smallest absolute Gasteiger partial charge is 0.133 e. The number of ether oxygens (including phenoxy) is 2. The number of halogens is 2. The van der Waals surface area contributed by atoms with E-state index in [4.69, 9.17) is 21.1 Å². The van der Waals surface area contributed by atoms with E-state index >= 15 is 0 Å². The van der Waals surface area contributed by atoms with Crippen LogP contribution in [-0.4, -0.2) is 29.9 Å². The molecule has 2 N–H and O–H groups in total. The van der Waals surface area contributed by atoms with Crippen molar-refractivity contribution in [3.63, 3.8) is 0 Å². The first-order valence-corrected chi connectivity index (χ1v) is 11.8. The second kappa shape index (κ2) is 11.8. The van der Waals surface area contributed by atoms with Crippen LogP contribution in [0.3, 0.4) is 0 Å². The third kappa shape index (κ3) is 7.81. The van der Waals surface area contributed by atoms with Crippen LogP contribution in [-0.2, 0) is 11.2 Å². The Morgan fingerprint density at radius 3 is 2.47 bits per heavy atom. The zero-order valence-electron chi connectivity index (χ0n) is 20.1. The summed E-state index contributed by atoms with van der Waals surface area (Å²) in [6.45, 7) is 8.27. The maximum absolute atomic E-state index is 13.9. The van der Waals surface area contributed by atoms with Gasteiger partial charge in [-0.15, -0.1) is 0 Å². The Labute approximate surface area is 206 Å². The van der Waals surface area contributed by atoms with Crippen LogP contribution in [0.15, 0.2) is 66.7 Å². The third-order valence-electron chi connectivity index (χ3n) is 5.64. The van der Waals surface area contributed by atoms with Crippen LogP contribution < -0.4 is 10.1 Å². The highest BCUT2D eigenvalue weighted by atomic mass is 35.5. The van der Waals surface area contributed by atoms with Crippen molar-refractivity contribution in [1.82, 2.24) is 5.32 Å². The van der Waals surface area contributed by atoms with Crippen molar-refractivity contribution < 1.29 is 19.0 Å². The van der Waals surface area contributed by atoms with Crippen LogP contribution in [0.4, 0.5) is 4.39 Å². The number of para-hydroxylation sites is 1. The van der Waals surface area contributed by atoms with Crippen molar-refractivity contribution >= 4 is 11.6 Å². The van der Waals surface area contributed by atoms with E-state index in [0.29, 0.717) is 35.1 Å². The molecule has 4 nitrogen and oxygen atoms in total. The largest absolute Gasteiger partial charge is 0.457 e. The molecule has 0 bridgehead atoms. The quantitative estimate of drug-likeness (QED) is 0.320. The topological polar surface area (TPSA) is 50.7 Å². The normalized spacial score (nSPS) is 13.5. The van der Waals surface area contributed by atoms with Gasteiger partial charge in [0.1, 0.15) is 17.3 Å². The van der Waals surface area contributed by atoms with E-state index in [1.807, 2.05) is 63.2 Å². The Balaban J connectivity index is 1.51. The van der Waals surface area contributed by atoms with E-state index in [0.717, 1.165) is 11.1 Å². The molecule has 0 amide bonds. The Bertz CT molecular complexity index is 1070. The molecule has 3 rings (SSSR count). The van der Waals surface area contributed by atoms with Gasteiger partial charge >= 0.3 is 0 Å². The Hall–Kier alpha value is -2.44. The minimum absolute atomic E-state index is 0.165. The number of rotatable bonds is 11. The van der Waals surface area contributed by atoms with Crippen molar-refractivity contribution in [3.8, 4) is 11.5 Å². The summed E-state index contributed by atoms with van der Waals surface area (Å²) >= 11 is 5.95. The maximum Gasteiger partial charge on any atom is 0.133 e. The highest BCUT2D eigenvalue weighted by Gasteiger charge is 2.21. The Kier molecular flexibility index (Phi) is 9.09. The fourth-order valence-electron chi connectivity index (χ4n) is 3.66. The standard InChI is InChI=1S/C28H33ClFNO3/c1-19-9-10-21(15-26(19)30)16-28(3,4)31-17-23(32)18-33-20(2)25-7-5-6-8-27(25)34-24-13-11-22(29)12-14-24/h5-15,20,23,31-32H,16-18H2,1-4H3/t20-,23-/m1/s1. The zero-order valence-corrected chi connectivity index (χ0v) is 20.9. The molecule has 0 saturated carbocycles. The van der Waals surface area contributed by atoms with Crippen molar-refractivity contribution in [2.24, 2.45) is 0 Å². The van der Waals surface area contributed by atoms with Gasteiger partial charge in [-0.25, -0.2) is 4.39 Å². The van der Waals surface area contributed by atoms with Gasteiger partial charge in [-0.2, -0.15) is 0 Å². The zero-order chi connectivity index (χ0) is 24.7. The number of nitrogens with one attached hydrogen (secondary N) is 1. The van der Waals surface area contributed by atoms with Crippen molar-refractivity contribution in [2.75, 3.05) is 13.2 Å². The molecular formula is C28H33ClFNO3. The lowest BCUT2D eigenvalue weighted by molar-refractivity contribution is -0.00481. The molecule has 0 aromatic heterocycles. The Morgan fingerprint density at radius 1 is 1.06 bits per heavy atom. The summed E-state index contributed by atoms with van der Waals surface area (Å²) in [5, 5.41) is 14.5. The molecule has 0 aliphatic carbocycles. The van der Waals surface area contributed by atoms with E-state index in [9.17, 15) is 9.50 Å². The highest BCUT2D eigenvalue weighted by Crippen LogP contribution is 2.31. The molecule has 2 atom stereocenters. The summed E-state index contributed by atoms with van der Waals surface area (Å²) in [6, 6.07) is 20.2. The van der Waals surface area contributed by atoms with Gasteiger partial charge in [0, 0.05) is 22.7 Å². The average Bonchev–Trinajstić information content (AvgIpc) is 2.80. The average molecular weight is 486 g/mol. The number of hydrogen-bond acceptors (Lipinski definition) is 4. The second-order valence-corrected chi connectivity index (χ2v) is 9.68. The van der Waals surface area contributed by atoms with E-state index in [-0.39, 0.29) is 24.1 Å². The first-order chi connectivity index (χ1) is 16.1. The molecule has 0 fully saturated rings. The lowest BCUT2D eigenvalue weighted by atomic mass is 9.94. The summed E-state index contributed by atoms with van der Waals surface area (Å²) in [6.07, 6.45) is -0.327. The summed E-state index contributed by atoms with van der Waals surface area (Å²) in [7, 11) is 0. The minimum atomic E-state index is -0.694. The molecule has 182 valence electrons. The fourth-order valence-corrected chi connectivity index (χ4v) is 3.78. The number of benzene rings is 3. The first-order valence-electron chi connectivity index (χ1n) is 11.4. The van der Waals surface area contributed by atoms with Gasteiger partial charge in [-0.1, -0.05) is 41.9 Å². The molecule has 0 saturated heterocycles. The van der Waals surface area contributed by atoms with Crippen LogP contribution in [0.5, 0.6) is 11.5 Å². The van der Waals surface area contributed by atoms with Crippen LogP contribution in [0.2, 0.25) is 5.02 Å². The fraction of sp³-hybridized carbons (Fsp3) is 0.357. The van der Waals surface area contributed by atoms with Crippen LogP contribution in [0.25, 0.3) is 0 Å². The molecule has 0 spiro atoms. The molecule has 0 aliphatic heterocycles. The lowest BCUT2D eigenvalue weighted by Crippen LogP contribution is -2.46. The number of aryl methyl sites for hydroxylation is 1. The van der Waals surface area contributed by atoms with Gasteiger partial charge in [-0.3, -0.25) is 0 Å². The maximum atomic E-state index is 13.9. The number of hydrogen-bond donors (Lipinski definition) is 2. The molecule has 34 heavy (non-hydrogen) atoms. The number of β-amino-alcohol motifs (C(OH)–C–C–N with tert-alkyl or cyclic N) is 1. The molecule has 0 heterocycles. The lowest BCUT2D eigenvalue weighted by Gasteiger charge is -2.28. The summed E-state index contributed by atoms with van der Waals surface area (Å²) in [4.78, 5) is 0. The van der Waals surface area contributed by atoms with Gasteiger partial charge in [0.25, 0.3) is 0 Å². The van der Waals surface area contributed by atoms with E-state index in [2.05, 4.69) is 5.32 Å². The van der Waals surface area contributed by atoms with Crippen LogP contribution in [0.1, 0.15) is 43.6 Å². The molecule has 0 unspecified atom stereocenters. The predicted octanol–water partition coefficient (Wildman–Crippen LogP) is 6.63. The molecule has 3 aromatic rings. The number of aliphatic hydroxyl groups is 1. The summed E-state index contributed by atoms with van der Waals surface area (Å²) < 4.78 is 25.8. The first kappa shape index (κ1) is 26.2. The highest BCUT2D eigenvalue weighted by molar-refractivity contribution is 6.30. The third-order valence-corrected chi connectivity index (χ3v) is 5.89. The van der Waals surface area contributed by atoms with Gasteiger partial charge in [-0.05, 0) is 81.6 Å². The van der Waals surface area contributed by atoms with E-state index in [1.165, 1.54) is 0 Å². The Morgan fingerprint density at radius 2 is 1.76 bits per heavy atom. The van der Waals surface area contributed by atoms with Gasteiger partial charge in [0.05, 0.1) is 18.8 Å². The predicted molar refractivity (Wildman–Crippen MR) is 135 cm³/mol. The van der Waals surface area contributed by atoms with Gasteiger partial charge in [0.15, 0.2) is 0 Å². The van der Waals surface area contributed by atoms with Gasteiger partial charge in [0.2, 0.25) is 0 Å². The molecular weight excluding hydrogens is 453 g/mol. The minimum Gasteiger partial charge on any atom is -0.457 e. The van der Waals surface area contributed by atoms with E-state index in [1.54, 1.807) is 31.2 Å². The van der Waals surface area contributed by atoms with Crippen LogP contribution in [0, 0.1) is 12.7 Å². The van der Waals surface area contributed by atoms with Crippen molar-refractivity contribution in [3.05, 3.63) is 94.3 Å². The molecule has 6 heteroatoms. The molecule has 3 aromatic carbocycles. The molecule has 0 aliphatic rings.